The van der Waals surface area contributed by atoms with Gasteiger partial charge < -0.3 is 5.32 Å². The molecule has 2 aromatic rings. The molecule has 0 aliphatic rings. The quantitative estimate of drug-likeness (QED) is 0.648. The molecule has 2 aromatic carbocycles. The van der Waals surface area contributed by atoms with E-state index >= 15 is 0 Å². The number of hydrogen-bond donors (Lipinski definition) is 2. The van der Waals surface area contributed by atoms with Gasteiger partial charge >= 0.3 is 0 Å². The van der Waals surface area contributed by atoms with Crippen molar-refractivity contribution in [3.8, 4) is 0 Å². The average Bonchev–Trinajstić information content (AvgIpc) is 2.54. The zero-order valence-corrected chi connectivity index (χ0v) is 17.0. The van der Waals surface area contributed by atoms with Gasteiger partial charge in [-0.15, -0.1) is 0 Å². The highest BCUT2D eigenvalue weighted by Crippen LogP contribution is 2.21. The second-order valence-electron chi connectivity index (χ2n) is 5.80. The maximum atomic E-state index is 12.2. The molecule has 0 saturated heterocycles. The van der Waals surface area contributed by atoms with Gasteiger partial charge in [-0.05, 0) is 36.2 Å². The first-order valence-corrected chi connectivity index (χ1v) is 11.4. The molecule has 0 atom stereocenters. The van der Waals surface area contributed by atoms with Crippen LogP contribution in [0.3, 0.4) is 0 Å². The number of halogens is 1. The molecule has 0 aliphatic heterocycles. The van der Waals surface area contributed by atoms with Crippen molar-refractivity contribution in [2.75, 3.05) is 23.3 Å². The van der Waals surface area contributed by atoms with Crippen LogP contribution in [-0.2, 0) is 15.8 Å². The van der Waals surface area contributed by atoms with Crippen LogP contribution in [-0.4, -0.2) is 32.9 Å². The van der Waals surface area contributed by atoms with Crippen molar-refractivity contribution in [3.05, 3.63) is 64.2 Å². The highest BCUT2D eigenvalue weighted by molar-refractivity contribution is 7.98. The molecule has 0 fully saturated rings. The van der Waals surface area contributed by atoms with Crippen molar-refractivity contribution in [1.82, 2.24) is 5.32 Å². The number of benzene rings is 2. The third-order valence-electron chi connectivity index (χ3n) is 3.57. The Labute approximate surface area is 163 Å². The lowest BCUT2D eigenvalue weighted by Gasteiger charge is -2.09. The maximum absolute atomic E-state index is 12.2. The molecule has 0 heterocycles. The monoisotopic (exact) mass is 412 g/mol. The number of hydrogen-bond acceptors (Lipinski definition) is 4. The van der Waals surface area contributed by atoms with Crippen molar-refractivity contribution in [2.45, 2.75) is 12.7 Å². The van der Waals surface area contributed by atoms with Crippen LogP contribution in [0.5, 0.6) is 0 Å². The van der Waals surface area contributed by atoms with Crippen LogP contribution in [0.15, 0.2) is 42.5 Å². The van der Waals surface area contributed by atoms with Crippen LogP contribution in [0.4, 0.5) is 5.69 Å². The lowest BCUT2D eigenvalue weighted by atomic mass is 10.1. The molecular weight excluding hydrogens is 392 g/mol. The summed E-state index contributed by atoms with van der Waals surface area (Å²) in [6.07, 6.45) is 1.05. The first-order chi connectivity index (χ1) is 12.3. The number of nitrogens with one attached hydrogen (secondary N) is 2. The van der Waals surface area contributed by atoms with Crippen LogP contribution < -0.4 is 10.0 Å². The fourth-order valence-electron chi connectivity index (χ4n) is 2.26. The van der Waals surface area contributed by atoms with E-state index in [9.17, 15) is 13.2 Å². The Kier molecular flexibility index (Phi) is 7.37. The number of carbonyl (C=O) groups is 1. The Balaban J connectivity index is 1.81. The number of amides is 1. The predicted molar refractivity (Wildman–Crippen MR) is 110 cm³/mol. The van der Waals surface area contributed by atoms with E-state index in [1.54, 1.807) is 11.8 Å². The standard InChI is InChI=1S/C18H21ClN2O3S2/c1-13-5-3-4-6-14(13)12-25-10-9-20-18(22)16-8-7-15(11-17(16)19)21-26(2,23)24/h3-8,11,21H,9-10,12H2,1-2H3,(H,20,22). The molecule has 2 rings (SSSR count). The number of aryl methyl sites for hydroxylation is 1. The van der Waals surface area contributed by atoms with Crippen LogP contribution in [0.1, 0.15) is 21.5 Å². The van der Waals surface area contributed by atoms with E-state index in [0.717, 1.165) is 17.8 Å². The van der Waals surface area contributed by atoms with E-state index in [1.807, 2.05) is 12.1 Å². The molecule has 0 unspecified atom stereocenters. The summed E-state index contributed by atoms with van der Waals surface area (Å²) in [6.45, 7) is 2.61. The summed E-state index contributed by atoms with van der Waals surface area (Å²) in [7, 11) is -3.39. The normalized spacial score (nSPS) is 11.2. The molecule has 0 aliphatic carbocycles. The van der Waals surface area contributed by atoms with Gasteiger partial charge in [-0.25, -0.2) is 8.42 Å². The summed E-state index contributed by atoms with van der Waals surface area (Å²) >= 11 is 7.84. The molecule has 2 N–H and O–H groups in total. The summed E-state index contributed by atoms with van der Waals surface area (Å²) < 4.78 is 24.8. The van der Waals surface area contributed by atoms with Crippen LogP contribution in [0, 0.1) is 6.92 Å². The topological polar surface area (TPSA) is 75.3 Å². The smallest absolute Gasteiger partial charge is 0.252 e. The summed E-state index contributed by atoms with van der Waals surface area (Å²) in [5, 5.41) is 3.02. The van der Waals surface area contributed by atoms with Gasteiger partial charge in [0, 0.05) is 23.7 Å². The van der Waals surface area contributed by atoms with Crippen LogP contribution >= 0.6 is 23.4 Å². The highest BCUT2D eigenvalue weighted by atomic mass is 35.5. The Morgan fingerprint density at radius 1 is 1.19 bits per heavy atom. The molecule has 5 nitrogen and oxygen atoms in total. The average molecular weight is 413 g/mol. The Bertz CT molecular complexity index is 886. The van der Waals surface area contributed by atoms with Crippen LogP contribution in [0.25, 0.3) is 0 Å². The fraction of sp³-hybridized carbons (Fsp3) is 0.278. The summed E-state index contributed by atoms with van der Waals surface area (Å²) in [5.41, 5.74) is 3.19. The third kappa shape index (κ3) is 6.55. The molecule has 26 heavy (non-hydrogen) atoms. The third-order valence-corrected chi connectivity index (χ3v) is 5.49. The first kappa shape index (κ1) is 20.6. The SMILES string of the molecule is Cc1ccccc1CSCCNC(=O)c1ccc(NS(C)(=O)=O)cc1Cl. The molecule has 8 heteroatoms. The van der Waals surface area contributed by atoms with Gasteiger partial charge in [0.15, 0.2) is 0 Å². The molecule has 140 valence electrons. The van der Waals surface area contributed by atoms with E-state index in [4.69, 9.17) is 11.6 Å². The molecule has 1 amide bonds. The molecule has 0 saturated carbocycles. The van der Waals surface area contributed by atoms with E-state index in [0.29, 0.717) is 17.8 Å². The largest absolute Gasteiger partial charge is 0.351 e. The van der Waals surface area contributed by atoms with Gasteiger partial charge in [0.25, 0.3) is 5.91 Å². The first-order valence-electron chi connectivity index (χ1n) is 7.94. The van der Waals surface area contributed by atoms with Gasteiger partial charge in [-0.1, -0.05) is 35.9 Å². The summed E-state index contributed by atoms with van der Waals surface area (Å²) in [4.78, 5) is 12.2. The van der Waals surface area contributed by atoms with Crippen molar-refractivity contribution < 1.29 is 13.2 Å². The molecule has 0 radical (unpaired) electrons. The number of rotatable bonds is 8. The molecule has 0 spiro atoms. The number of anilines is 1. The number of carbonyl (C=O) groups excluding carboxylic acids is 1. The number of thioether (sulfide) groups is 1. The number of sulfonamides is 1. The summed E-state index contributed by atoms with van der Waals surface area (Å²) in [6, 6.07) is 12.7. The van der Waals surface area contributed by atoms with Gasteiger partial charge in [0.05, 0.1) is 16.8 Å². The second kappa shape index (κ2) is 9.30. The predicted octanol–water partition coefficient (Wildman–Crippen LogP) is 3.68. The molecule has 0 aromatic heterocycles. The lowest BCUT2D eigenvalue weighted by Crippen LogP contribution is -2.26. The lowest BCUT2D eigenvalue weighted by molar-refractivity contribution is 0.0956. The minimum atomic E-state index is -3.39. The maximum Gasteiger partial charge on any atom is 0.252 e. The van der Waals surface area contributed by atoms with E-state index in [-0.39, 0.29) is 10.9 Å². The van der Waals surface area contributed by atoms with Crippen molar-refractivity contribution in [1.29, 1.82) is 0 Å². The van der Waals surface area contributed by atoms with Crippen molar-refractivity contribution in [3.63, 3.8) is 0 Å². The highest BCUT2D eigenvalue weighted by Gasteiger charge is 2.12. The Morgan fingerprint density at radius 3 is 2.58 bits per heavy atom. The van der Waals surface area contributed by atoms with E-state index in [1.165, 1.54) is 29.3 Å². The van der Waals surface area contributed by atoms with Gasteiger partial charge in [-0.3, -0.25) is 9.52 Å². The second-order valence-corrected chi connectivity index (χ2v) is 9.06. The fourth-order valence-corrected chi connectivity index (χ4v) is 4.02. The Hall–Kier alpha value is -1.70. The summed E-state index contributed by atoms with van der Waals surface area (Å²) in [5.74, 6) is 1.40. The van der Waals surface area contributed by atoms with E-state index < -0.39 is 10.0 Å². The van der Waals surface area contributed by atoms with Crippen molar-refractivity contribution >= 4 is 45.0 Å². The van der Waals surface area contributed by atoms with E-state index in [2.05, 4.69) is 29.1 Å². The van der Waals surface area contributed by atoms with Crippen molar-refractivity contribution in [2.24, 2.45) is 0 Å². The van der Waals surface area contributed by atoms with Crippen LogP contribution in [0.2, 0.25) is 5.02 Å². The minimum Gasteiger partial charge on any atom is -0.351 e. The molecule has 0 bridgehead atoms. The molecular formula is C18H21ClN2O3S2. The Morgan fingerprint density at radius 2 is 1.92 bits per heavy atom. The minimum absolute atomic E-state index is 0.198. The van der Waals surface area contributed by atoms with Gasteiger partial charge in [0.1, 0.15) is 0 Å². The zero-order valence-electron chi connectivity index (χ0n) is 14.6. The van der Waals surface area contributed by atoms with Gasteiger partial charge in [-0.2, -0.15) is 11.8 Å². The van der Waals surface area contributed by atoms with Gasteiger partial charge in [0.2, 0.25) is 10.0 Å². The zero-order chi connectivity index (χ0) is 19.2.